The van der Waals surface area contributed by atoms with Gasteiger partial charge in [-0.3, -0.25) is 9.36 Å². The Balaban J connectivity index is 1.93. The van der Waals surface area contributed by atoms with Gasteiger partial charge in [-0.05, 0) is 41.1 Å². The van der Waals surface area contributed by atoms with Crippen LogP contribution < -0.4 is 4.74 Å². The Morgan fingerprint density at radius 3 is 2.61 bits per heavy atom. The van der Waals surface area contributed by atoms with Gasteiger partial charge < -0.3 is 4.74 Å². The average molecular weight is 301 g/mol. The highest BCUT2D eigenvalue weighted by Gasteiger charge is 2.14. The maximum atomic E-state index is 13.1. The van der Waals surface area contributed by atoms with Gasteiger partial charge in [0.1, 0.15) is 5.75 Å². The molecule has 0 amide bonds. The normalized spacial score (nSPS) is 11.0. The molecule has 0 unspecified atom stereocenters. The molecular weight excluding hydrogens is 286 g/mol. The average Bonchev–Trinajstić information content (AvgIpc) is 3.04. The van der Waals surface area contributed by atoms with Crippen molar-refractivity contribution >= 4 is 27.6 Å². The predicted molar refractivity (Wildman–Crippen MR) is 92.2 cm³/mol. The zero-order chi connectivity index (χ0) is 15.8. The van der Waals surface area contributed by atoms with E-state index in [0.717, 1.165) is 27.4 Å². The van der Waals surface area contributed by atoms with Crippen molar-refractivity contribution in [3.63, 3.8) is 0 Å². The van der Waals surface area contributed by atoms with Crippen LogP contribution in [0.1, 0.15) is 10.4 Å². The quantitative estimate of drug-likeness (QED) is 0.546. The van der Waals surface area contributed by atoms with Gasteiger partial charge in [-0.15, -0.1) is 0 Å². The van der Waals surface area contributed by atoms with E-state index in [-0.39, 0.29) is 5.91 Å². The van der Waals surface area contributed by atoms with Crippen molar-refractivity contribution in [3.05, 3.63) is 78.5 Å². The molecule has 3 heteroatoms. The minimum atomic E-state index is -0.0370. The lowest BCUT2D eigenvalue weighted by molar-refractivity contribution is 0.0966. The monoisotopic (exact) mass is 301 g/mol. The van der Waals surface area contributed by atoms with Crippen molar-refractivity contribution in [1.82, 2.24) is 4.57 Å². The van der Waals surface area contributed by atoms with Crippen molar-refractivity contribution in [2.75, 3.05) is 7.11 Å². The predicted octanol–water partition coefficient (Wildman–Crippen LogP) is 4.49. The second-order valence-electron chi connectivity index (χ2n) is 5.44. The Hall–Kier alpha value is -3.07. The Morgan fingerprint density at radius 2 is 1.74 bits per heavy atom. The molecule has 1 heterocycles. The van der Waals surface area contributed by atoms with E-state index in [1.54, 1.807) is 11.7 Å². The number of para-hydroxylation sites is 1. The first-order valence-electron chi connectivity index (χ1n) is 7.45. The summed E-state index contributed by atoms with van der Waals surface area (Å²) in [6, 6.07) is 21.4. The zero-order valence-electron chi connectivity index (χ0n) is 12.7. The lowest BCUT2D eigenvalue weighted by atomic mass is 10.0. The van der Waals surface area contributed by atoms with Crippen LogP contribution in [0.3, 0.4) is 0 Å². The lowest BCUT2D eigenvalue weighted by Gasteiger charge is -2.09. The van der Waals surface area contributed by atoms with Gasteiger partial charge in [0.2, 0.25) is 0 Å². The number of hydrogen-bond acceptors (Lipinski definition) is 2. The molecule has 0 saturated heterocycles. The first kappa shape index (κ1) is 13.6. The minimum Gasteiger partial charge on any atom is -0.497 e. The number of nitrogens with zero attached hydrogens (tertiary/aromatic N) is 1. The Kier molecular flexibility index (Phi) is 3.12. The molecule has 0 N–H and O–H groups in total. The molecule has 0 fully saturated rings. The van der Waals surface area contributed by atoms with Crippen LogP contribution >= 0.6 is 0 Å². The van der Waals surface area contributed by atoms with Crippen molar-refractivity contribution < 1.29 is 9.53 Å². The minimum absolute atomic E-state index is 0.0370. The number of fused-ring (bicyclic) bond motifs is 2. The molecule has 112 valence electrons. The van der Waals surface area contributed by atoms with Crippen LogP contribution in [0.25, 0.3) is 21.7 Å². The molecule has 0 saturated carbocycles. The van der Waals surface area contributed by atoms with Crippen molar-refractivity contribution in [2.24, 2.45) is 0 Å². The second-order valence-corrected chi connectivity index (χ2v) is 5.44. The van der Waals surface area contributed by atoms with E-state index in [9.17, 15) is 4.79 Å². The van der Waals surface area contributed by atoms with Gasteiger partial charge in [0.05, 0.1) is 12.6 Å². The second kappa shape index (κ2) is 5.29. The van der Waals surface area contributed by atoms with Gasteiger partial charge in [0.25, 0.3) is 5.91 Å². The maximum absolute atomic E-state index is 13.1. The van der Waals surface area contributed by atoms with Crippen molar-refractivity contribution in [2.45, 2.75) is 0 Å². The number of ether oxygens (including phenoxy) is 1. The molecule has 0 aliphatic carbocycles. The molecule has 3 nitrogen and oxygen atoms in total. The summed E-state index contributed by atoms with van der Waals surface area (Å²) in [6.45, 7) is 0. The standard InChI is InChI=1S/C20H15NO2/c1-23-16-10-9-14-6-4-7-17(18(14)13-16)20(22)21-12-11-15-5-2-3-8-19(15)21/h2-13H,1H3. The highest BCUT2D eigenvalue weighted by atomic mass is 16.5. The highest BCUT2D eigenvalue weighted by Crippen LogP contribution is 2.26. The molecule has 0 aliphatic heterocycles. The van der Waals surface area contributed by atoms with E-state index >= 15 is 0 Å². The van der Waals surface area contributed by atoms with E-state index in [4.69, 9.17) is 4.74 Å². The van der Waals surface area contributed by atoms with Crippen LogP contribution in [-0.2, 0) is 0 Å². The topological polar surface area (TPSA) is 31.2 Å². The van der Waals surface area contributed by atoms with Gasteiger partial charge >= 0.3 is 0 Å². The largest absolute Gasteiger partial charge is 0.497 e. The maximum Gasteiger partial charge on any atom is 0.262 e. The molecule has 4 rings (SSSR count). The van der Waals surface area contributed by atoms with Crippen molar-refractivity contribution in [3.8, 4) is 5.75 Å². The summed E-state index contributed by atoms with van der Waals surface area (Å²) in [5, 5.41) is 2.97. The molecule has 0 bridgehead atoms. The summed E-state index contributed by atoms with van der Waals surface area (Å²) in [6.07, 6.45) is 1.83. The van der Waals surface area contributed by atoms with Gasteiger partial charge in [0, 0.05) is 17.1 Å². The van der Waals surface area contributed by atoms with E-state index < -0.39 is 0 Å². The first-order valence-corrected chi connectivity index (χ1v) is 7.45. The fourth-order valence-corrected chi connectivity index (χ4v) is 2.96. The smallest absolute Gasteiger partial charge is 0.262 e. The number of benzene rings is 3. The first-order chi connectivity index (χ1) is 11.3. The number of carbonyl (C=O) groups excluding carboxylic acids is 1. The molecule has 0 aliphatic rings. The summed E-state index contributed by atoms with van der Waals surface area (Å²) in [5.74, 6) is 0.708. The summed E-state index contributed by atoms with van der Waals surface area (Å²) >= 11 is 0. The Bertz CT molecular complexity index is 1030. The number of methoxy groups -OCH3 is 1. The summed E-state index contributed by atoms with van der Waals surface area (Å²) < 4.78 is 7.00. The fraction of sp³-hybridized carbons (Fsp3) is 0.0500. The number of rotatable bonds is 2. The molecule has 23 heavy (non-hydrogen) atoms. The van der Waals surface area contributed by atoms with Crippen LogP contribution in [0.5, 0.6) is 5.75 Å². The third-order valence-electron chi connectivity index (χ3n) is 4.14. The van der Waals surface area contributed by atoms with E-state index in [1.165, 1.54) is 0 Å². The van der Waals surface area contributed by atoms with Gasteiger partial charge in [-0.2, -0.15) is 0 Å². The third kappa shape index (κ3) is 2.18. The molecule has 3 aromatic carbocycles. The highest BCUT2D eigenvalue weighted by molar-refractivity contribution is 6.10. The molecule has 0 spiro atoms. The van der Waals surface area contributed by atoms with E-state index in [2.05, 4.69) is 0 Å². The van der Waals surface area contributed by atoms with Gasteiger partial charge in [-0.1, -0.05) is 36.4 Å². The van der Waals surface area contributed by atoms with E-state index in [0.29, 0.717) is 5.56 Å². The van der Waals surface area contributed by atoms with E-state index in [1.807, 2.05) is 72.9 Å². The van der Waals surface area contributed by atoms with Crippen molar-refractivity contribution in [1.29, 1.82) is 0 Å². The fourth-order valence-electron chi connectivity index (χ4n) is 2.96. The van der Waals surface area contributed by atoms with Crippen LogP contribution in [0.2, 0.25) is 0 Å². The summed E-state index contributed by atoms with van der Waals surface area (Å²) in [4.78, 5) is 13.1. The molecule has 1 aromatic heterocycles. The van der Waals surface area contributed by atoms with Crippen LogP contribution in [0, 0.1) is 0 Å². The SMILES string of the molecule is COc1ccc2cccc(C(=O)n3ccc4ccccc43)c2c1. The van der Waals surface area contributed by atoms with Gasteiger partial charge in [0.15, 0.2) is 0 Å². The van der Waals surface area contributed by atoms with Crippen LogP contribution in [0.4, 0.5) is 0 Å². The summed E-state index contributed by atoms with van der Waals surface area (Å²) in [5.41, 5.74) is 1.58. The molecular formula is C20H15NO2. The summed E-state index contributed by atoms with van der Waals surface area (Å²) in [7, 11) is 1.63. The lowest BCUT2D eigenvalue weighted by Crippen LogP contribution is -2.11. The van der Waals surface area contributed by atoms with Crippen LogP contribution in [-0.4, -0.2) is 17.6 Å². The zero-order valence-corrected chi connectivity index (χ0v) is 12.7. The Morgan fingerprint density at radius 1 is 0.913 bits per heavy atom. The molecule has 4 aromatic rings. The number of carbonyl (C=O) groups is 1. The van der Waals surface area contributed by atoms with Gasteiger partial charge in [-0.25, -0.2) is 0 Å². The molecule has 0 atom stereocenters. The van der Waals surface area contributed by atoms with Crippen LogP contribution in [0.15, 0.2) is 72.9 Å². The number of aromatic nitrogens is 1. The molecule has 0 radical (unpaired) electrons. The Labute approximate surface area is 133 Å². The number of hydrogen-bond donors (Lipinski definition) is 0. The third-order valence-corrected chi connectivity index (χ3v) is 4.14.